The van der Waals surface area contributed by atoms with Gasteiger partial charge in [-0.2, -0.15) is 0 Å². The zero-order valence-corrected chi connectivity index (χ0v) is 9.55. The van der Waals surface area contributed by atoms with Crippen LogP contribution in [0.2, 0.25) is 0 Å². The van der Waals surface area contributed by atoms with E-state index in [9.17, 15) is 22.8 Å². The summed E-state index contributed by atoms with van der Waals surface area (Å²) in [5, 5.41) is 0. The van der Waals surface area contributed by atoms with Gasteiger partial charge in [-0.25, -0.2) is 4.79 Å². The molecule has 0 saturated heterocycles. The van der Waals surface area contributed by atoms with Crippen LogP contribution in [0.25, 0.3) is 0 Å². The van der Waals surface area contributed by atoms with Gasteiger partial charge < -0.3 is 14.5 Å². The Bertz CT molecular complexity index is 507. The number of alkyl halides is 3. The lowest BCUT2D eigenvalue weighted by molar-refractivity contribution is -0.275. The lowest BCUT2D eigenvalue weighted by Crippen LogP contribution is -2.24. The van der Waals surface area contributed by atoms with Crippen LogP contribution in [0.5, 0.6) is 5.75 Å². The summed E-state index contributed by atoms with van der Waals surface area (Å²) in [5.74, 6) is -1.72. The Morgan fingerprint density at radius 1 is 1.44 bits per heavy atom. The maximum atomic E-state index is 12.0. The maximum absolute atomic E-state index is 12.0. The summed E-state index contributed by atoms with van der Waals surface area (Å²) in [5.41, 5.74) is -1.48. The van der Waals surface area contributed by atoms with Gasteiger partial charge in [-0.05, 0) is 13.8 Å². The number of aromatic amines is 1. The van der Waals surface area contributed by atoms with Crippen LogP contribution in [0.3, 0.4) is 0 Å². The van der Waals surface area contributed by atoms with Crippen LogP contribution in [0.15, 0.2) is 10.9 Å². The van der Waals surface area contributed by atoms with Gasteiger partial charge in [0.05, 0.1) is 12.3 Å². The Hall–Kier alpha value is -1.99. The average Bonchev–Trinajstić information content (AvgIpc) is 2.22. The molecular weight excluding hydrogens is 255 g/mol. The summed E-state index contributed by atoms with van der Waals surface area (Å²) in [4.78, 5) is 25.0. The molecule has 0 aliphatic rings. The molecule has 0 fully saturated rings. The molecule has 0 saturated carbocycles. The second-order valence-corrected chi connectivity index (χ2v) is 3.27. The largest absolute Gasteiger partial charge is 0.573 e. The molecule has 0 bridgehead atoms. The number of aromatic nitrogens is 1. The van der Waals surface area contributed by atoms with E-state index in [4.69, 9.17) is 0 Å². The van der Waals surface area contributed by atoms with Crippen molar-refractivity contribution < 1.29 is 27.4 Å². The van der Waals surface area contributed by atoms with Gasteiger partial charge in [-0.3, -0.25) is 4.79 Å². The van der Waals surface area contributed by atoms with Crippen molar-refractivity contribution in [2.24, 2.45) is 0 Å². The predicted octanol–water partition coefficient (Wildman–Crippen LogP) is 1.76. The molecule has 1 N–H and O–H groups in total. The molecule has 1 aromatic rings. The minimum atomic E-state index is -4.97. The van der Waals surface area contributed by atoms with E-state index in [1.54, 1.807) is 6.92 Å². The Morgan fingerprint density at radius 3 is 2.50 bits per heavy atom. The number of nitrogens with one attached hydrogen (secondary N) is 1. The number of aryl methyl sites for hydroxylation is 1. The second-order valence-electron chi connectivity index (χ2n) is 3.27. The number of ether oxygens (including phenoxy) is 2. The third kappa shape index (κ3) is 3.51. The molecule has 0 aliphatic heterocycles. The van der Waals surface area contributed by atoms with Crippen molar-refractivity contribution in [2.75, 3.05) is 6.61 Å². The highest BCUT2D eigenvalue weighted by Crippen LogP contribution is 2.21. The molecule has 18 heavy (non-hydrogen) atoms. The van der Waals surface area contributed by atoms with Gasteiger partial charge in [-0.1, -0.05) is 0 Å². The Morgan fingerprint density at radius 2 is 2.06 bits per heavy atom. The van der Waals surface area contributed by atoms with Gasteiger partial charge in [-0.15, -0.1) is 13.2 Å². The molecule has 1 rings (SSSR count). The number of carbonyl (C=O) groups is 1. The summed E-state index contributed by atoms with van der Waals surface area (Å²) >= 11 is 0. The molecule has 8 heteroatoms. The highest BCUT2D eigenvalue weighted by Gasteiger charge is 2.33. The normalized spacial score (nSPS) is 11.2. The smallest absolute Gasteiger partial charge is 0.461 e. The number of hydrogen-bond acceptors (Lipinski definition) is 4. The average molecular weight is 265 g/mol. The van der Waals surface area contributed by atoms with Crippen LogP contribution in [-0.4, -0.2) is 23.9 Å². The lowest BCUT2D eigenvalue weighted by Gasteiger charge is -2.11. The van der Waals surface area contributed by atoms with E-state index in [2.05, 4.69) is 14.5 Å². The molecule has 0 radical (unpaired) electrons. The molecule has 100 valence electrons. The third-order valence-corrected chi connectivity index (χ3v) is 1.88. The highest BCUT2D eigenvalue weighted by molar-refractivity contribution is 5.87. The first-order chi connectivity index (χ1) is 8.24. The van der Waals surface area contributed by atoms with Crippen molar-refractivity contribution in [1.82, 2.24) is 4.98 Å². The molecule has 0 aliphatic carbocycles. The Kier molecular flexibility index (Phi) is 4.00. The van der Waals surface area contributed by atoms with Crippen LogP contribution in [0, 0.1) is 6.92 Å². The van der Waals surface area contributed by atoms with E-state index in [0.29, 0.717) is 6.07 Å². The molecule has 0 amide bonds. The van der Waals surface area contributed by atoms with Crippen LogP contribution < -0.4 is 10.2 Å². The zero-order valence-electron chi connectivity index (χ0n) is 9.55. The van der Waals surface area contributed by atoms with Gasteiger partial charge in [0.1, 0.15) is 5.69 Å². The summed E-state index contributed by atoms with van der Waals surface area (Å²) in [6, 6.07) is 0.700. The molecule has 1 heterocycles. The molecule has 0 atom stereocenters. The maximum Gasteiger partial charge on any atom is 0.573 e. The van der Waals surface area contributed by atoms with Crippen molar-refractivity contribution in [3.05, 3.63) is 27.7 Å². The quantitative estimate of drug-likeness (QED) is 0.845. The second kappa shape index (κ2) is 5.11. The highest BCUT2D eigenvalue weighted by atomic mass is 19.4. The van der Waals surface area contributed by atoms with E-state index >= 15 is 0 Å². The fraction of sp³-hybridized carbons (Fsp3) is 0.400. The lowest BCUT2D eigenvalue weighted by atomic mass is 10.3. The number of halogens is 3. The van der Waals surface area contributed by atoms with E-state index in [1.165, 1.54) is 6.92 Å². The van der Waals surface area contributed by atoms with Gasteiger partial charge >= 0.3 is 12.3 Å². The number of rotatable bonds is 3. The first kappa shape index (κ1) is 14.1. The van der Waals surface area contributed by atoms with Crippen molar-refractivity contribution in [3.63, 3.8) is 0 Å². The summed E-state index contributed by atoms with van der Waals surface area (Å²) in [6.07, 6.45) is -4.97. The van der Waals surface area contributed by atoms with Gasteiger partial charge in [0.2, 0.25) is 5.43 Å². The van der Waals surface area contributed by atoms with Crippen molar-refractivity contribution in [3.8, 4) is 5.75 Å². The van der Waals surface area contributed by atoms with Gasteiger partial charge in [0, 0.05) is 6.07 Å². The van der Waals surface area contributed by atoms with Crippen LogP contribution >= 0.6 is 0 Å². The molecule has 0 aromatic carbocycles. The van der Waals surface area contributed by atoms with Crippen LogP contribution in [0.1, 0.15) is 23.1 Å². The van der Waals surface area contributed by atoms with E-state index in [1.807, 2.05) is 0 Å². The molecule has 5 nitrogen and oxygen atoms in total. The molecule has 0 unspecified atom stereocenters. The summed E-state index contributed by atoms with van der Waals surface area (Å²) in [7, 11) is 0. The standard InChI is InChI=1S/C10H10F3NO4/c1-3-17-9(16)6-4-7(15)8(5(2)14-6)18-10(11,12)13/h4H,3H2,1-2H3,(H,14,15). The minimum Gasteiger partial charge on any atom is -0.461 e. The van der Waals surface area contributed by atoms with Crippen molar-refractivity contribution >= 4 is 5.97 Å². The molecular formula is C10H10F3NO4. The summed E-state index contributed by atoms with van der Waals surface area (Å²) < 4.78 is 44.2. The Balaban J connectivity index is 3.13. The third-order valence-electron chi connectivity index (χ3n) is 1.88. The minimum absolute atomic E-state index is 0.0840. The predicted molar refractivity (Wildman–Crippen MR) is 54.4 cm³/mol. The number of pyridine rings is 1. The molecule has 1 aromatic heterocycles. The summed E-state index contributed by atoms with van der Waals surface area (Å²) in [6.45, 7) is 2.83. The van der Waals surface area contributed by atoms with Crippen LogP contribution in [-0.2, 0) is 4.74 Å². The first-order valence-electron chi connectivity index (χ1n) is 4.91. The Labute approximate surface area is 99.5 Å². The number of hydrogen-bond donors (Lipinski definition) is 1. The van der Waals surface area contributed by atoms with E-state index in [0.717, 1.165) is 0 Å². The van der Waals surface area contributed by atoms with Gasteiger partial charge in [0.15, 0.2) is 5.75 Å². The van der Waals surface area contributed by atoms with Crippen molar-refractivity contribution in [1.29, 1.82) is 0 Å². The fourth-order valence-electron chi connectivity index (χ4n) is 1.24. The van der Waals surface area contributed by atoms with E-state index < -0.39 is 23.5 Å². The first-order valence-corrected chi connectivity index (χ1v) is 4.91. The van der Waals surface area contributed by atoms with Crippen LogP contribution in [0.4, 0.5) is 13.2 Å². The topological polar surface area (TPSA) is 68.4 Å². The number of esters is 1. The SMILES string of the molecule is CCOC(=O)c1cc(=O)c(OC(F)(F)F)c(C)[nH]1. The number of H-pyrrole nitrogens is 1. The van der Waals surface area contributed by atoms with Crippen molar-refractivity contribution in [2.45, 2.75) is 20.2 Å². The van der Waals surface area contributed by atoms with E-state index in [-0.39, 0.29) is 18.0 Å². The zero-order chi connectivity index (χ0) is 13.9. The molecule has 0 spiro atoms. The number of carbonyl (C=O) groups excluding carboxylic acids is 1. The monoisotopic (exact) mass is 265 g/mol. The van der Waals surface area contributed by atoms with Gasteiger partial charge in [0.25, 0.3) is 0 Å². The fourth-order valence-corrected chi connectivity index (χ4v) is 1.24.